The highest BCUT2D eigenvalue weighted by atomic mass is 32.1. The number of aryl methyl sites for hydroxylation is 1. The minimum absolute atomic E-state index is 0.240. The number of rotatable bonds is 4. The molecule has 0 amide bonds. The Kier molecular flexibility index (Phi) is 4.48. The van der Waals surface area contributed by atoms with Gasteiger partial charge in [-0.1, -0.05) is 30.7 Å². The molecule has 4 nitrogen and oxygen atoms in total. The lowest BCUT2D eigenvalue weighted by Crippen LogP contribution is -2.35. The second kappa shape index (κ2) is 5.89. The fraction of sp³-hybridized carbons (Fsp3) is 0.833. The molecule has 2 rings (SSSR count). The maximum absolute atomic E-state index is 5.75. The van der Waals surface area contributed by atoms with E-state index in [0.29, 0.717) is 5.92 Å². The molecule has 3 unspecified atom stereocenters. The molecule has 1 aromatic rings. The minimum Gasteiger partial charge on any atom is -0.271 e. The van der Waals surface area contributed by atoms with Crippen LogP contribution in [0.4, 0.5) is 0 Å². The van der Waals surface area contributed by atoms with Crippen LogP contribution in [-0.2, 0) is 0 Å². The molecule has 1 aliphatic rings. The quantitative estimate of drug-likeness (QED) is 0.640. The van der Waals surface area contributed by atoms with Gasteiger partial charge in [0.2, 0.25) is 0 Å². The van der Waals surface area contributed by atoms with Crippen molar-refractivity contribution in [2.45, 2.75) is 52.0 Å². The fourth-order valence-electron chi connectivity index (χ4n) is 2.95. The van der Waals surface area contributed by atoms with E-state index in [4.69, 9.17) is 5.84 Å². The topological polar surface area (TPSA) is 63.8 Å². The molecule has 1 aliphatic carbocycles. The highest BCUT2D eigenvalue weighted by molar-refractivity contribution is 7.05. The van der Waals surface area contributed by atoms with Crippen LogP contribution in [0.25, 0.3) is 0 Å². The molecule has 96 valence electrons. The van der Waals surface area contributed by atoms with Crippen LogP contribution < -0.4 is 11.3 Å². The fourth-order valence-corrected chi connectivity index (χ4v) is 3.75. The highest BCUT2D eigenvalue weighted by Gasteiger charge is 2.30. The predicted molar refractivity (Wildman–Crippen MR) is 70.4 cm³/mol. The number of aromatic nitrogens is 2. The zero-order valence-corrected chi connectivity index (χ0v) is 11.5. The van der Waals surface area contributed by atoms with Crippen LogP contribution in [0.3, 0.4) is 0 Å². The third-order valence-electron chi connectivity index (χ3n) is 4.02. The number of hydrogen-bond acceptors (Lipinski definition) is 5. The second-order valence-electron chi connectivity index (χ2n) is 5.07. The first-order chi connectivity index (χ1) is 8.26. The molecule has 1 heterocycles. The van der Waals surface area contributed by atoms with Gasteiger partial charge in [0, 0.05) is 0 Å². The van der Waals surface area contributed by atoms with Gasteiger partial charge in [0.05, 0.1) is 16.6 Å². The molecule has 1 aromatic heterocycles. The summed E-state index contributed by atoms with van der Waals surface area (Å²) in [7, 11) is 0. The summed E-state index contributed by atoms with van der Waals surface area (Å²) in [5.41, 5.74) is 4.01. The van der Waals surface area contributed by atoms with Crippen molar-refractivity contribution >= 4 is 11.5 Å². The lowest BCUT2D eigenvalue weighted by molar-refractivity contribution is 0.211. The van der Waals surface area contributed by atoms with Crippen molar-refractivity contribution in [2.24, 2.45) is 17.7 Å². The lowest BCUT2D eigenvalue weighted by Gasteiger charge is -2.33. The molecule has 0 radical (unpaired) electrons. The molecule has 0 saturated heterocycles. The summed E-state index contributed by atoms with van der Waals surface area (Å²) >= 11 is 1.48. The molecule has 1 saturated carbocycles. The van der Waals surface area contributed by atoms with Crippen LogP contribution in [-0.4, -0.2) is 9.59 Å². The van der Waals surface area contributed by atoms with E-state index in [1.54, 1.807) is 0 Å². The van der Waals surface area contributed by atoms with Gasteiger partial charge in [0.15, 0.2) is 0 Å². The summed E-state index contributed by atoms with van der Waals surface area (Å²) in [5, 5.41) is 4.09. The zero-order chi connectivity index (χ0) is 12.3. The number of nitrogens with two attached hydrogens (primary N) is 1. The Morgan fingerprint density at radius 2 is 2.35 bits per heavy atom. The van der Waals surface area contributed by atoms with Crippen molar-refractivity contribution in [1.29, 1.82) is 0 Å². The van der Waals surface area contributed by atoms with Gasteiger partial charge in [-0.25, -0.2) is 0 Å². The van der Waals surface area contributed by atoms with E-state index in [1.807, 2.05) is 6.92 Å². The standard InChI is InChI=1S/C12H22N4S/c1-3-9-5-4-6-10(7-9)11(14-13)12-8(2)15-16-17-12/h9-11,14H,3-7,13H2,1-2H3. The van der Waals surface area contributed by atoms with E-state index in [0.717, 1.165) is 11.6 Å². The smallest absolute Gasteiger partial charge is 0.0773 e. The summed E-state index contributed by atoms with van der Waals surface area (Å²) in [5.74, 6) is 7.26. The summed E-state index contributed by atoms with van der Waals surface area (Å²) in [6.45, 7) is 4.31. The number of nitrogens with zero attached hydrogens (tertiary/aromatic N) is 2. The normalized spacial score (nSPS) is 27.0. The van der Waals surface area contributed by atoms with E-state index in [-0.39, 0.29) is 6.04 Å². The van der Waals surface area contributed by atoms with Gasteiger partial charge in [-0.2, -0.15) is 0 Å². The van der Waals surface area contributed by atoms with Gasteiger partial charge in [-0.15, -0.1) is 5.10 Å². The van der Waals surface area contributed by atoms with E-state index >= 15 is 0 Å². The third kappa shape index (κ3) is 2.84. The first kappa shape index (κ1) is 12.9. The maximum Gasteiger partial charge on any atom is 0.0773 e. The first-order valence-electron chi connectivity index (χ1n) is 6.51. The number of nitrogens with one attached hydrogen (secondary N) is 1. The lowest BCUT2D eigenvalue weighted by atomic mass is 9.76. The Labute approximate surface area is 107 Å². The Morgan fingerprint density at radius 3 is 2.94 bits per heavy atom. The van der Waals surface area contributed by atoms with Gasteiger partial charge in [0.1, 0.15) is 0 Å². The molecule has 0 aromatic carbocycles. The Bertz CT molecular complexity index is 352. The number of hydrazine groups is 1. The predicted octanol–water partition coefficient (Wildman–Crippen LogP) is 2.57. The van der Waals surface area contributed by atoms with Gasteiger partial charge in [0.25, 0.3) is 0 Å². The molecule has 0 bridgehead atoms. The summed E-state index contributed by atoms with van der Waals surface area (Å²) in [6, 6.07) is 0.240. The van der Waals surface area contributed by atoms with Crippen molar-refractivity contribution in [3.05, 3.63) is 10.6 Å². The first-order valence-corrected chi connectivity index (χ1v) is 7.28. The third-order valence-corrected chi connectivity index (χ3v) is 4.93. The molecular formula is C12H22N4S. The maximum atomic E-state index is 5.75. The molecule has 0 aliphatic heterocycles. The van der Waals surface area contributed by atoms with E-state index in [9.17, 15) is 0 Å². The second-order valence-corrected chi connectivity index (χ2v) is 5.85. The summed E-state index contributed by atoms with van der Waals surface area (Å²) in [6.07, 6.45) is 6.54. The molecule has 3 atom stereocenters. The van der Waals surface area contributed by atoms with Gasteiger partial charge in [-0.05, 0) is 43.1 Å². The van der Waals surface area contributed by atoms with Crippen LogP contribution in [0.15, 0.2) is 0 Å². The van der Waals surface area contributed by atoms with E-state index < -0.39 is 0 Å². The zero-order valence-electron chi connectivity index (χ0n) is 10.6. The number of hydrogen-bond donors (Lipinski definition) is 2. The molecule has 3 N–H and O–H groups in total. The van der Waals surface area contributed by atoms with Crippen LogP contribution in [0.2, 0.25) is 0 Å². The van der Waals surface area contributed by atoms with Crippen LogP contribution in [0.5, 0.6) is 0 Å². The molecule has 17 heavy (non-hydrogen) atoms. The Morgan fingerprint density at radius 1 is 1.53 bits per heavy atom. The van der Waals surface area contributed by atoms with Crippen molar-refractivity contribution in [1.82, 2.24) is 15.0 Å². The largest absolute Gasteiger partial charge is 0.271 e. The van der Waals surface area contributed by atoms with Crippen molar-refractivity contribution in [2.75, 3.05) is 0 Å². The van der Waals surface area contributed by atoms with Crippen LogP contribution in [0.1, 0.15) is 55.6 Å². The van der Waals surface area contributed by atoms with Crippen LogP contribution >= 0.6 is 11.5 Å². The van der Waals surface area contributed by atoms with Gasteiger partial charge in [-0.3, -0.25) is 11.3 Å². The van der Waals surface area contributed by atoms with Crippen molar-refractivity contribution in [3.63, 3.8) is 0 Å². The van der Waals surface area contributed by atoms with E-state index in [1.165, 1.54) is 48.5 Å². The summed E-state index contributed by atoms with van der Waals surface area (Å²) < 4.78 is 4.02. The highest BCUT2D eigenvalue weighted by Crippen LogP contribution is 2.39. The molecule has 1 fully saturated rings. The van der Waals surface area contributed by atoms with Gasteiger partial charge < -0.3 is 0 Å². The van der Waals surface area contributed by atoms with Crippen LogP contribution in [0, 0.1) is 18.8 Å². The molecule has 0 spiro atoms. The van der Waals surface area contributed by atoms with Crippen molar-refractivity contribution in [3.8, 4) is 0 Å². The molecule has 5 heteroatoms. The Hall–Kier alpha value is -0.520. The van der Waals surface area contributed by atoms with Crippen molar-refractivity contribution < 1.29 is 0 Å². The van der Waals surface area contributed by atoms with Gasteiger partial charge >= 0.3 is 0 Å². The average Bonchev–Trinajstić information content (AvgIpc) is 2.77. The monoisotopic (exact) mass is 254 g/mol. The minimum atomic E-state index is 0.240. The molecular weight excluding hydrogens is 232 g/mol. The van der Waals surface area contributed by atoms with E-state index in [2.05, 4.69) is 21.9 Å². The average molecular weight is 254 g/mol. The SMILES string of the molecule is CCC1CCCC(C(NN)c2snnc2C)C1. The summed E-state index contributed by atoms with van der Waals surface area (Å²) in [4.78, 5) is 1.22. The Balaban J connectivity index is 2.10.